The lowest BCUT2D eigenvalue weighted by molar-refractivity contribution is -0.143. The Balaban J connectivity index is 1.91. The van der Waals surface area contributed by atoms with Crippen LogP contribution in [0.25, 0.3) is 0 Å². The van der Waals surface area contributed by atoms with Crippen LogP contribution in [0.4, 0.5) is 5.69 Å². The molecule has 1 heterocycles. The molecule has 9 heteroatoms. The molecule has 0 fully saturated rings. The predicted octanol–water partition coefficient (Wildman–Crippen LogP) is 5.35. The minimum absolute atomic E-state index is 0.101. The second-order valence-electron chi connectivity index (χ2n) is 9.34. The molecule has 0 bridgehead atoms. The topological polar surface area (TPSA) is 93.7 Å². The van der Waals surface area contributed by atoms with Gasteiger partial charge in [0, 0.05) is 24.0 Å². The lowest BCUT2D eigenvalue weighted by Gasteiger charge is -2.40. The number of nitrogens with one attached hydrogen (secondary N) is 1. The zero-order valence-electron chi connectivity index (χ0n) is 23.1. The maximum Gasteiger partial charge on any atom is 0.250 e. The first kappa shape index (κ1) is 29.0. The molecule has 0 radical (unpaired) electrons. The van der Waals surface area contributed by atoms with Crippen LogP contribution in [-0.2, 0) is 16.1 Å². The average Bonchev–Trinajstić information content (AvgIpc) is 2.90. The van der Waals surface area contributed by atoms with Crippen molar-refractivity contribution in [2.75, 3.05) is 25.3 Å². The number of anilines is 1. The first-order valence-corrected chi connectivity index (χ1v) is 13.4. The Morgan fingerprint density at radius 3 is 2.21 bits per heavy atom. The van der Waals surface area contributed by atoms with Crippen molar-refractivity contribution in [1.29, 1.82) is 0 Å². The molecule has 38 heavy (non-hydrogen) atoms. The van der Waals surface area contributed by atoms with Gasteiger partial charge in [-0.15, -0.1) is 0 Å². The van der Waals surface area contributed by atoms with Crippen LogP contribution in [0.3, 0.4) is 0 Å². The molecule has 0 aliphatic rings. The standard InChI is InChI=1S/C29H36N4O4S/c1-8-29(5,27(35)32-24-14-13-23(36-6)16-25(24)37-7)33(17-22-11-9-19(2)10-12-22)26(34)18-38-28-30-20(3)15-21(4)31-28/h9-16H,8,17-18H2,1-7H3,(H,32,35). The maximum atomic E-state index is 13.8. The second kappa shape index (κ2) is 12.8. The van der Waals surface area contributed by atoms with Gasteiger partial charge >= 0.3 is 0 Å². The van der Waals surface area contributed by atoms with E-state index >= 15 is 0 Å². The number of rotatable bonds is 11. The molecular formula is C29H36N4O4S. The van der Waals surface area contributed by atoms with Gasteiger partial charge in [0.2, 0.25) is 11.8 Å². The molecule has 202 valence electrons. The van der Waals surface area contributed by atoms with Crippen molar-refractivity contribution in [3.05, 3.63) is 71.0 Å². The lowest BCUT2D eigenvalue weighted by Crippen LogP contribution is -2.57. The first-order chi connectivity index (χ1) is 18.1. The third kappa shape index (κ3) is 7.04. The van der Waals surface area contributed by atoms with Crippen molar-refractivity contribution in [1.82, 2.24) is 14.9 Å². The summed E-state index contributed by atoms with van der Waals surface area (Å²) in [7, 11) is 3.10. The molecule has 8 nitrogen and oxygen atoms in total. The first-order valence-electron chi connectivity index (χ1n) is 12.4. The van der Waals surface area contributed by atoms with Crippen LogP contribution in [0.5, 0.6) is 11.5 Å². The van der Waals surface area contributed by atoms with Gasteiger partial charge < -0.3 is 19.7 Å². The van der Waals surface area contributed by atoms with Crippen molar-refractivity contribution in [2.45, 2.75) is 58.3 Å². The molecule has 0 spiro atoms. The largest absolute Gasteiger partial charge is 0.497 e. The summed E-state index contributed by atoms with van der Waals surface area (Å²) in [6.07, 6.45) is 0.402. The number of hydrogen-bond acceptors (Lipinski definition) is 7. The fourth-order valence-electron chi connectivity index (χ4n) is 4.01. The van der Waals surface area contributed by atoms with Crippen molar-refractivity contribution in [2.24, 2.45) is 0 Å². The molecule has 2 aromatic carbocycles. The molecular weight excluding hydrogens is 500 g/mol. The Labute approximate surface area is 229 Å². The van der Waals surface area contributed by atoms with E-state index in [9.17, 15) is 9.59 Å². The molecule has 1 N–H and O–H groups in total. The number of ether oxygens (including phenoxy) is 2. The maximum absolute atomic E-state index is 13.8. The third-order valence-electron chi connectivity index (χ3n) is 6.48. The molecule has 0 aliphatic heterocycles. The fourth-order valence-corrected chi connectivity index (χ4v) is 4.83. The number of methoxy groups -OCH3 is 2. The molecule has 0 saturated heterocycles. The third-order valence-corrected chi connectivity index (χ3v) is 7.31. The number of amides is 2. The van der Waals surface area contributed by atoms with Crippen LogP contribution in [0, 0.1) is 20.8 Å². The number of benzene rings is 2. The van der Waals surface area contributed by atoms with Gasteiger partial charge in [0.25, 0.3) is 0 Å². The van der Waals surface area contributed by atoms with E-state index in [2.05, 4.69) is 15.3 Å². The van der Waals surface area contributed by atoms with Crippen LogP contribution in [0.15, 0.2) is 53.7 Å². The van der Waals surface area contributed by atoms with Crippen LogP contribution in [0.1, 0.15) is 42.8 Å². The summed E-state index contributed by atoms with van der Waals surface area (Å²) >= 11 is 1.27. The zero-order valence-corrected chi connectivity index (χ0v) is 23.9. The highest BCUT2D eigenvalue weighted by molar-refractivity contribution is 7.99. The summed E-state index contributed by atoms with van der Waals surface area (Å²) in [6.45, 7) is 9.79. The summed E-state index contributed by atoms with van der Waals surface area (Å²) in [4.78, 5) is 38.1. The van der Waals surface area contributed by atoms with Gasteiger partial charge in [-0.2, -0.15) is 0 Å². The van der Waals surface area contributed by atoms with E-state index in [-0.39, 0.29) is 24.1 Å². The van der Waals surface area contributed by atoms with Crippen LogP contribution >= 0.6 is 11.8 Å². The SMILES string of the molecule is CCC(C)(C(=O)Nc1ccc(OC)cc1OC)N(Cc1ccc(C)cc1)C(=O)CSc1nc(C)cc(C)n1. The molecule has 1 atom stereocenters. The van der Waals surface area contributed by atoms with E-state index < -0.39 is 5.54 Å². The van der Waals surface area contributed by atoms with Gasteiger partial charge in [0.15, 0.2) is 5.16 Å². The summed E-state index contributed by atoms with van der Waals surface area (Å²) in [5, 5.41) is 3.52. The number of thioether (sulfide) groups is 1. The number of hydrogen-bond donors (Lipinski definition) is 1. The Hall–Kier alpha value is -3.59. The normalized spacial score (nSPS) is 12.4. The van der Waals surface area contributed by atoms with Crippen molar-refractivity contribution >= 4 is 29.3 Å². The Morgan fingerprint density at radius 2 is 1.63 bits per heavy atom. The number of carbonyl (C=O) groups excluding carboxylic acids is 2. The Bertz CT molecular complexity index is 1260. The van der Waals surface area contributed by atoms with Gasteiger partial charge in [-0.25, -0.2) is 9.97 Å². The summed E-state index contributed by atoms with van der Waals surface area (Å²) in [5.74, 6) is 0.690. The number of aromatic nitrogens is 2. The van der Waals surface area contributed by atoms with Crippen LogP contribution in [-0.4, -0.2) is 52.2 Å². The smallest absolute Gasteiger partial charge is 0.250 e. The number of carbonyl (C=O) groups is 2. The molecule has 0 aliphatic carbocycles. The average molecular weight is 537 g/mol. The van der Waals surface area contributed by atoms with E-state index in [0.29, 0.717) is 28.8 Å². The number of nitrogens with zero attached hydrogens (tertiary/aromatic N) is 3. The van der Waals surface area contributed by atoms with Crippen molar-refractivity contribution in [3.8, 4) is 11.5 Å². The zero-order chi connectivity index (χ0) is 27.9. The van der Waals surface area contributed by atoms with E-state index in [1.54, 1.807) is 37.1 Å². The van der Waals surface area contributed by atoms with Gasteiger partial charge in [0.05, 0.1) is 25.7 Å². The minimum atomic E-state index is -1.14. The van der Waals surface area contributed by atoms with Gasteiger partial charge in [0.1, 0.15) is 17.0 Å². The Morgan fingerprint density at radius 1 is 0.974 bits per heavy atom. The highest BCUT2D eigenvalue weighted by atomic mass is 32.2. The molecule has 3 aromatic rings. The van der Waals surface area contributed by atoms with Crippen LogP contribution < -0.4 is 14.8 Å². The van der Waals surface area contributed by atoms with Gasteiger partial charge in [-0.3, -0.25) is 9.59 Å². The molecule has 0 saturated carbocycles. The minimum Gasteiger partial charge on any atom is -0.497 e. The molecule has 2 amide bonds. The van der Waals surface area contributed by atoms with Crippen molar-refractivity contribution in [3.63, 3.8) is 0 Å². The van der Waals surface area contributed by atoms with E-state index in [0.717, 1.165) is 22.5 Å². The van der Waals surface area contributed by atoms with E-state index in [1.165, 1.54) is 18.9 Å². The highest BCUT2D eigenvalue weighted by Crippen LogP contribution is 2.32. The Kier molecular flexibility index (Phi) is 9.74. The fraction of sp³-hybridized carbons (Fsp3) is 0.379. The van der Waals surface area contributed by atoms with Gasteiger partial charge in [-0.1, -0.05) is 48.5 Å². The van der Waals surface area contributed by atoms with Crippen molar-refractivity contribution < 1.29 is 19.1 Å². The number of aryl methyl sites for hydroxylation is 3. The second-order valence-corrected chi connectivity index (χ2v) is 10.3. The molecule has 3 rings (SSSR count). The highest BCUT2D eigenvalue weighted by Gasteiger charge is 2.41. The monoisotopic (exact) mass is 536 g/mol. The summed E-state index contributed by atoms with van der Waals surface area (Å²) in [6, 6.07) is 15.0. The quantitative estimate of drug-likeness (QED) is 0.261. The summed E-state index contributed by atoms with van der Waals surface area (Å²) in [5.41, 5.74) is 3.10. The molecule has 1 unspecified atom stereocenters. The molecule has 1 aromatic heterocycles. The van der Waals surface area contributed by atoms with Gasteiger partial charge in [-0.05, 0) is 57.9 Å². The predicted molar refractivity (Wildman–Crippen MR) is 151 cm³/mol. The summed E-state index contributed by atoms with van der Waals surface area (Å²) < 4.78 is 10.7. The lowest BCUT2D eigenvalue weighted by atomic mass is 9.93. The van der Waals surface area contributed by atoms with Crippen LogP contribution in [0.2, 0.25) is 0 Å². The van der Waals surface area contributed by atoms with E-state index in [1.807, 2.05) is 58.0 Å². The van der Waals surface area contributed by atoms with E-state index in [4.69, 9.17) is 9.47 Å².